The zero-order valence-corrected chi connectivity index (χ0v) is 24.3. The first-order chi connectivity index (χ1) is 21.8. The number of halogens is 5. The van der Waals surface area contributed by atoms with Gasteiger partial charge in [0, 0.05) is 48.3 Å². The van der Waals surface area contributed by atoms with Gasteiger partial charge in [0.05, 0.1) is 23.9 Å². The van der Waals surface area contributed by atoms with Crippen LogP contribution in [-0.4, -0.2) is 64.8 Å². The molecule has 2 heterocycles. The van der Waals surface area contributed by atoms with Crippen molar-refractivity contribution in [1.82, 2.24) is 15.2 Å². The zero-order valence-electron chi connectivity index (χ0n) is 23.5. The van der Waals surface area contributed by atoms with Crippen molar-refractivity contribution < 1.29 is 41.8 Å². The van der Waals surface area contributed by atoms with Gasteiger partial charge in [0.25, 0.3) is 11.8 Å². The number of amides is 4. The Morgan fingerprint density at radius 1 is 1.11 bits per heavy atom. The van der Waals surface area contributed by atoms with Gasteiger partial charge in [-0.3, -0.25) is 24.2 Å². The number of carbonyl (C=O) groups excluding carboxylic acids is 4. The van der Waals surface area contributed by atoms with Crippen LogP contribution >= 0.6 is 11.6 Å². The average Bonchev–Trinajstić information content (AvgIpc) is 2.98. The van der Waals surface area contributed by atoms with Crippen LogP contribution in [0.4, 0.5) is 33.9 Å². The third-order valence-electron chi connectivity index (χ3n) is 7.47. The van der Waals surface area contributed by atoms with Crippen LogP contribution in [0.15, 0.2) is 60.8 Å². The number of nitrogens with one attached hydrogen (secondary N) is 1. The number of pyridine rings is 1. The summed E-state index contributed by atoms with van der Waals surface area (Å²) < 4.78 is 56.7. The fourth-order valence-corrected chi connectivity index (χ4v) is 5.62. The van der Waals surface area contributed by atoms with Gasteiger partial charge < -0.3 is 20.1 Å². The number of alkyl halides is 2. The Bertz CT molecular complexity index is 1740. The van der Waals surface area contributed by atoms with Crippen LogP contribution in [0.25, 0.3) is 0 Å². The van der Waals surface area contributed by atoms with E-state index >= 15 is 0 Å². The minimum absolute atomic E-state index is 0.0287. The van der Waals surface area contributed by atoms with E-state index in [4.69, 9.17) is 11.6 Å². The number of hydrogen-bond donors (Lipinski definition) is 1. The predicted octanol–water partition coefficient (Wildman–Crippen LogP) is 2.93. The number of nitrogens with zero attached hydrogens (tertiary/aromatic N) is 5. The number of rotatable bonds is 7. The molecule has 0 radical (unpaired) electrons. The Morgan fingerprint density at radius 2 is 1.78 bits per heavy atom. The van der Waals surface area contributed by atoms with Crippen LogP contribution in [0, 0.1) is 23.0 Å². The summed E-state index contributed by atoms with van der Waals surface area (Å²) in [6.45, 7) is -1.52. The van der Waals surface area contributed by atoms with Gasteiger partial charge in [-0.05, 0) is 30.3 Å². The molecule has 1 aliphatic carbocycles. The molecule has 1 aliphatic heterocycles. The van der Waals surface area contributed by atoms with E-state index in [0.29, 0.717) is 15.9 Å². The van der Waals surface area contributed by atoms with Crippen LogP contribution in [-0.2, 0) is 14.4 Å². The lowest BCUT2D eigenvalue weighted by Crippen LogP contribution is -2.66. The van der Waals surface area contributed by atoms with Crippen molar-refractivity contribution in [1.29, 1.82) is 5.26 Å². The van der Waals surface area contributed by atoms with Crippen molar-refractivity contribution in [3.63, 3.8) is 0 Å². The van der Waals surface area contributed by atoms with Crippen molar-refractivity contribution in [3.05, 3.63) is 88.6 Å². The first-order valence-electron chi connectivity index (χ1n) is 13.6. The maximum atomic E-state index is 14.7. The molecular weight excluding hydrogens is 636 g/mol. The molecular formula is C30H22ClF4N6O5-. The monoisotopic (exact) mass is 657 g/mol. The standard InChI is InChI=1S/C30H23ClF4N6O5/c31-22-4-2-1-3-21(22)26(27(43)38-19-11-30(34,35)12-19)40(20-9-17(32)8-18(33)10-20)28(44)23-14-39(29(45)46)15-25(42)41(23)24-7-16(13-36)5-6-37-24/h1-10,19,23,26H,11-12,14-15H2,(H,38,43)(H,45,46)/p-1/t23?,26-/m1/s1. The Kier molecular flexibility index (Phi) is 8.84. The molecule has 16 heteroatoms. The Balaban J connectivity index is 1.69. The van der Waals surface area contributed by atoms with Gasteiger partial charge in [-0.25, -0.2) is 22.5 Å². The molecule has 2 aliphatic rings. The molecule has 1 unspecified atom stereocenters. The van der Waals surface area contributed by atoms with Crippen molar-refractivity contribution >= 4 is 46.9 Å². The van der Waals surface area contributed by atoms with Crippen LogP contribution in [0.1, 0.15) is 30.0 Å². The summed E-state index contributed by atoms with van der Waals surface area (Å²) in [5, 5.41) is 23.6. The number of nitriles is 1. The summed E-state index contributed by atoms with van der Waals surface area (Å²) >= 11 is 6.44. The first-order valence-corrected chi connectivity index (χ1v) is 14.0. The third-order valence-corrected chi connectivity index (χ3v) is 7.81. The minimum atomic E-state index is -3.04. The molecule has 4 amide bonds. The molecule has 0 bridgehead atoms. The topological polar surface area (TPSA) is 150 Å². The highest BCUT2D eigenvalue weighted by Gasteiger charge is 2.49. The van der Waals surface area contributed by atoms with Crippen molar-refractivity contribution in [2.45, 2.75) is 36.9 Å². The van der Waals surface area contributed by atoms with E-state index in [-0.39, 0.29) is 22.0 Å². The van der Waals surface area contributed by atoms with E-state index in [2.05, 4.69) is 10.3 Å². The Morgan fingerprint density at radius 3 is 2.39 bits per heavy atom. The van der Waals surface area contributed by atoms with Crippen molar-refractivity contribution in [3.8, 4) is 6.07 Å². The summed E-state index contributed by atoms with van der Waals surface area (Å²) in [5.41, 5.74) is -0.597. The molecule has 2 atom stereocenters. The van der Waals surface area contributed by atoms with Crippen LogP contribution in [0.5, 0.6) is 0 Å². The second-order valence-corrected chi connectivity index (χ2v) is 11.1. The number of carbonyl (C=O) groups is 4. The number of piperazine rings is 1. The van der Waals surface area contributed by atoms with Crippen molar-refractivity contribution in [2.75, 3.05) is 22.9 Å². The molecule has 2 aromatic carbocycles. The zero-order chi connectivity index (χ0) is 33.3. The van der Waals surface area contributed by atoms with Crippen LogP contribution < -0.4 is 20.2 Å². The molecule has 1 saturated carbocycles. The lowest BCUT2D eigenvalue weighted by atomic mass is 9.87. The second kappa shape index (κ2) is 12.6. The van der Waals surface area contributed by atoms with Gasteiger partial charge >= 0.3 is 0 Å². The molecule has 1 N–H and O–H groups in total. The number of anilines is 2. The van der Waals surface area contributed by atoms with E-state index in [9.17, 15) is 47.1 Å². The summed E-state index contributed by atoms with van der Waals surface area (Å²) in [5.74, 6) is -8.86. The number of carboxylic acid groups (broad SMARTS) is 1. The van der Waals surface area contributed by atoms with Gasteiger partial charge in [0.1, 0.15) is 35.6 Å². The highest BCUT2D eigenvalue weighted by Crippen LogP contribution is 2.39. The maximum Gasteiger partial charge on any atom is 0.253 e. The summed E-state index contributed by atoms with van der Waals surface area (Å²) in [6.07, 6.45) is -2.06. The lowest BCUT2D eigenvalue weighted by Gasteiger charge is -2.44. The third kappa shape index (κ3) is 6.57. The Hall–Kier alpha value is -5.23. The van der Waals surface area contributed by atoms with E-state index in [0.717, 1.165) is 23.1 Å². The minimum Gasteiger partial charge on any atom is -0.530 e. The molecule has 238 valence electrons. The highest BCUT2D eigenvalue weighted by molar-refractivity contribution is 6.31. The predicted molar refractivity (Wildman–Crippen MR) is 151 cm³/mol. The summed E-state index contributed by atoms with van der Waals surface area (Å²) in [4.78, 5) is 59.9. The molecule has 3 aromatic rings. The SMILES string of the molecule is N#Cc1ccnc(N2C(=O)CN(C(=O)[O-])CC2C(=O)N(c2cc(F)cc(F)c2)[C@@H](C(=O)NC2CC(F)(F)C2)c2ccccc2Cl)c1. The summed E-state index contributed by atoms with van der Waals surface area (Å²) in [6, 6.07) is 7.16. The van der Waals surface area contributed by atoms with Gasteiger partial charge in [-0.15, -0.1) is 0 Å². The van der Waals surface area contributed by atoms with E-state index in [1.165, 1.54) is 36.5 Å². The highest BCUT2D eigenvalue weighted by atomic mass is 35.5. The number of benzene rings is 2. The fourth-order valence-electron chi connectivity index (χ4n) is 5.38. The van der Waals surface area contributed by atoms with Crippen molar-refractivity contribution in [2.24, 2.45) is 0 Å². The maximum absolute atomic E-state index is 14.7. The Labute approximate surface area is 263 Å². The van der Waals surface area contributed by atoms with Crippen LogP contribution in [0.3, 0.4) is 0 Å². The molecule has 1 saturated heterocycles. The van der Waals surface area contributed by atoms with E-state index < -0.39 is 91.1 Å². The molecule has 11 nitrogen and oxygen atoms in total. The number of hydrogen-bond acceptors (Lipinski definition) is 7. The number of aromatic nitrogens is 1. The summed E-state index contributed by atoms with van der Waals surface area (Å²) in [7, 11) is 0. The molecule has 46 heavy (non-hydrogen) atoms. The first kappa shape index (κ1) is 32.2. The van der Waals surface area contributed by atoms with Crippen LogP contribution in [0.2, 0.25) is 5.02 Å². The normalized spacial score (nSPS) is 18.3. The quantitative estimate of drug-likeness (QED) is 0.384. The smallest absolute Gasteiger partial charge is 0.253 e. The fraction of sp³-hybridized carbons (Fsp3) is 0.267. The van der Waals surface area contributed by atoms with Gasteiger partial charge in [-0.2, -0.15) is 5.26 Å². The van der Waals surface area contributed by atoms with Gasteiger partial charge in [0.2, 0.25) is 11.8 Å². The molecule has 0 spiro atoms. The lowest BCUT2D eigenvalue weighted by molar-refractivity contribution is -0.266. The van der Waals surface area contributed by atoms with Gasteiger partial charge in [-0.1, -0.05) is 29.8 Å². The average molecular weight is 658 g/mol. The largest absolute Gasteiger partial charge is 0.530 e. The van der Waals surface area contributed by atoms with E-state index in [1.54, 1.807) is 0 Å². The molecule has 5 rings (SSSR count). The second-order valence-electron chi connectivity index (χ2n) is 10.7. The van der Waals surface area contributed by atoms with E-state index in [1.807, 2.05) is 6.07 Å². The molecule has 1 aromatic heterocycles. The van der Waals surface area contributed by atoms with Gasteiger partial charge in [0.15, 0.2) is 0 Å². The molecule has 2 fully saturated rings.